The zero-order valence-electron chi connectivity index (χ0n) is 18.5. The van der Waals surface area contributed by atoms with E-state index in [1.165, 1.54) is 25.3 Å². The Morgan fingerprint density at radius 2 is 1.85 bits per heavy atom. The summed E-state index contributed by atoms with van der Waals surface area (Å²) in [7, 11) is 1.53. The predicted octanol–water partition coefficient (Wildman–Crippen LogP) is 6.61. The normalized spacial score (nSPS) is 14.7. The minimum atomic E-state index is -0.568. The summed E-state index contributed by atoms with van der Waals surface area (Å²) in [6.45, 7) is 2.17. The monoisotopic (exact) mass is 497 g/mol. The summed E-state index contributed by atoms with van der Waals surface area (Å²) in [5, 5.41) is -0.324. The molecule has 0 atom stereocenters. The van der Waals surface area contributed by atoms with Gasteiger partial charge >= 0.3 is 0 Å². The lowest BCUT2D eigenvalue weighted by Crippen LogP contribution is -2.28. The minimum absolute atomic E-state index is 0.101. The molecule has 4 rings (SSSR count). The van der Waals surface area contributed by atoms with Gasteiger partial charge in [-0.25, -0.2) is 4.39 Å². The Labute approximate surface area is 206 Å². The van der Waals surface area contributed by atoms with Crippen molar-refractivity contribution in [1.82, 2.24) is 4.90 Å². The first-order chi connectivity index (χ1) is 16.4. The summed E-state index contributed by atoms with van der Waals surface area (Å²) in [6.07, 6.45) is 1.60. The van der Waals surface area contributed by atoms with Crippen LogP contribution in [0.1, 0.15) is 22.3 Å². The van der Waals surface area contributed by atoms with Crippen molar-refractivity contribution in [2.75, 3.05) is 7.11 Å². The first kappa shape index (κ1) is 23.9. The van der Waals surface area contributed by atoms with E-state index in [0.29, 0.717) is 23.7 Å². The molecule has 0 unspecified atom stereocenters. The maximum Gasteiger partial charge on any atom is 0.293 e. The molecule has 2 amide bonds. The van der Waals surface area contributed by atoms with E-state index < -0.39 is 17.0 Å². The minimum Gasteiger partial charge on any atom is -0.493 e. The fraction of sp³-hybridized carbons (Fsp3) is 0.154. The van der Waals surface area contributed by atoms with Crippen LogP contribution in [-0.2, 0) is 17.9 Å². The van der Waals surface area contributed by atoms with Gasteiger partial charge in [0.05, 0.1) is 18.6 Å². The number of thioether (sulfide) groups is 1. The predicted molar refractivity (Wildman–Crippen MR) is 131 cm³/mol. The number of imide groups is 1. The maximum atomic E-state index is 14.1. The summed E-state index contributed by atoms with van der Waals surface area (Å²) in [5.74, 6) is -0.0168. The van der Waals surface area contributed by atoms with Gasteiger partial charge in [0.2, 0.25) is 0 Å². The van der Waals surface area contributed by atoms with E-state index in [0.717, 1.165) is 27.8 Å². The standard InChI is InChI=1S/C26H21ClFNO4S/c1-16-5-3-6-18(11-16)15-33-22-10-9-17(12-23(22)32-2)13-24-25(30)29(26(31)34-24)14-19-20(27)7-4-8-21(19)28/h3-13H,14-15H2,1-2H3/b24-13-. The number of hydrogen-bond acceptors (Lipinski definition) is 5. The Balaban J connectivity index is 1.51. The first-order valence-corrected chi connectivity index (χ1v) is 11.6. The van der Waals surface area contributed by atoms with Crippen LogP contribution in [0.25, 0.3) is 6.08 Å². The van der Waals surface area contributed by atoms with E-state index >= 15 is 0 Å². The van der Waals surface area contributed by atoms with Crippen LogP contribution in [-0.4, -0.2) is 23.2 Å². The number of benzene rings is 3. The largest absolute Gasteiger partial charge is 0.493 e. The number of hydrogen-bond donors (Lipinski definition) is 0. The topological polar surface area (TPSA) is 55.8 Å². The summed E-state index contributed by atoms with van der Waals surface area (Å²) >= 11 is 6.85. The molecule has 0 N–H and O–H groups in total. The second-order valence-electron chi connectivity index (χ2n) is 7.66. The third-order valence-corrected chi connectivity index (χ3v) is 6.48. The fourth-order valence-corrected chi connectivity index (χ4v) is 4.55. The Morgan fingerprint density at radius 1 is 1.06 bits per heavy atom. The first-order valence-electron chi connectivity index (χ1n) is 10.4. The molecule has 1 aliphatic heterocycles. The van der Waals surface area contributed by atoms with Gasteiger partial charge in [-0.05, 0) is 60.2 Å². The molecule has 0 bridgehead atoms. The number of carbonyl (C=O) groups excluding carboxylic acids is 2. The number of amides is 2. The molecular weight excluding hydrogens is 477 g/mol. The summed E-state index contributed by atoms with van der Waals surface area (Å²) < 4.78 is 25.5. The molecule has 8 heteroatoms. The van der Waals surface area contributed by atoms with E-state index in [1.54, 1.807) is 24.3 Å². The maximum absolute atomic E-state index is 14.1. The highest BCUT2D eigenvalue weighted by atomic mass is 35.5. The van der Waals surface area contributed by atoms with Crippen LogP contribution < -0.4 is 9.47 Å². The van der Waals surface area contributed by atoms with Gasteiger partial charge in [-0.15, -0.1) is 0 Å². The van der Waals surface area contributed by atoms with Gasteiger partial charge in [0.1, 0.15) is 12.4 Å². The lowest BCUT2D eigenvalue weighted by atomic mass is 10.1. The molecule has 1 fully saturated rings. The van der Waals surface area contributed by atoms with Gasteiger partial charge < -0.3 is 9.47 Å². The van der Waals surface area contributed by atoms with Gasteiger partial charge in [0.25, 0.3) is 11.1 Å². The molecular formula is C26H21ClFNO4S. The van der Waals surface area contributed by atoms with E-state index in [1.807, 2.05) is 31.2 Å². The van der Waals surface area contributed by atoms with Crippen molar-refractivity contribution in [1.29, 1.82) is 0 Å². The highest BCUT2D eigenvalue weighted by Gasteiger charge is 2.36. The summed E-state index contributed by atoms with van der Waals surface area (Å²) in [6, 6.07) is 17.5. The molecule has 1 aliphatic rings. The van der Waals surface area contributed by atoms with Gasteiger partial charge in [0.15, 0.2) is 11.5 Å². The van der Waals surface area contributed by atoms with Crippen molar-refractivity contribution in [2.24, 2.45) is 0 Å². The second kappa shape index (κ2) is 10.3. The van der Waals surface area contributed by atoms with Gasteiger partial charge in [-0.3, -0.25) is 14.5 Å². The molecule has 0 aromatic heterocycles. The van der Waals surface area contributed by atoms with Gasteiger partial charge in [0, 0.05) is 10.6 Å². The Hall–Kier alpha value is -3.29. The van der Waals surface area contributed by atoms with Gasteiger partial charge in [-0.1, -0.05) is 53.6 Å². The van der Waals surface area contributed by atoms with E-state index in [-0.39, 0.29) is 22.0 Å². The van der Waals surface area contributed by atoms with Crippen LogP contribution in [0.5, 0.6) is 11.5 Å². The SMILES string of the molecule is COc1cc(/C=C2\SC(=O)N(Cc3c(F)cccc3Cl)C2=O)ccc1OCc1cccc(C)c1. The zero-order chi connectivity index (χ0) is 24.2. The molecule has 1 heterocycles. The lowest BCUT2D eigenvalue weighted by Gasteiger charge is -2.14. The Kier molecular flexibility index (Phi) is 7.24. The average Bonchev–Trinajstić information content (AvgIpc) is 3.07. The zero-order valence-corrected chi connectivity index (χ0v) is 20.1. The molecule has 0 aliphatic carbocycles. The van der Waals surface area contributed by atoms with Crippen molar-refractivity contribution < 1.29 is 23.5 Å². The van der Waals surface area contributed by atoms with Crippen LogP contribution >= 0.6 is 23.4 Å². The highest BCUT2D eigenvalue weighted by molar-refractivity contribution is 8.18. The molecule has 0 saturated carbocycles. The third-order valence-electron chi connectivity index (χ3n) is 5.21. The molecule has 5 nitrogen and oxygen atoms in total. The molecule has 0 radical (unpaired) electrons. The number of aryl methyl sites for hydroxylation is 1. The van der Waals surface area contributed by atoms with Crippen LogP contribution in [0.3, 0.4) is 0 Å². The molecule has 3 aromatic rings. The van der Waals surface area contributed by atoms with Crippen LogP contribution in [0.2, 0.25) is 5.02 Å². The van der Waals surface area contributed by atoms with E-state index in [4.69, 9.17) is 21.1 Å². The summed E-state index contributed by atoms with van der Waals surface area (Å²) in [5.41, 5.74) is 2.95. The fourth-order valence-electron chi connectivity index (χ4n) is 3.49. The lowest BCUT2D eigenvalue weighted by molar-refractivity contribution is -0.123. The number of rotatable bonds is 7. The van der Waals surface area contributed by atoms with E-state index in [2.05, 4.69) is 0 Å². The molecule has 34 heavy (non-hydrogen) atoms. The number of methoxy groups -OCH3 is 1. The molecule has 174 valence electrons. The van der Waals surface area contributed by atoms with Crippen molar-refractivity contribution in [3.05, 3.63) is 98.7 Å². The molecule has 0 spiro atoms. The van der Waals surface area contributed by atoms with Crippen LogP contribution in [0.4, 0.5) is 9.18 Å². The quantitative estimate of drug-likeness (QED) is 0.344. The van der Waals surface area contributed by atoms with Crippen molar-refractivity contribution in [3.8, 4) is 11.5 Å². The van der Waals surface area contributed by atoms with Crippen LogP contribution in [0.15, 0.2) is 65.6 Å². The second-order valence-corrected chi connectivity index (χ2v) is 9.06. The smallest absolute Gasteiger partial charge is 0.293 e. The highest BCUT2D eigenvalue weighted by Crippen LogP contribution is 2.36. The molecule has 1 saturated heterocycles. The van der Waals surface area contributed by atoms with Crippen LogP contribution in [0, 0.1) is 12.7 Å². The van der Waals surface area contributed by atoms with Crippen molar-refractivity contribution in [2.45, 2.75) is 20.1 Å². The average molecular weight is 498 g/mol. The van der Waals surface area contributed by atoms with Crippen molar-refractivity contribution in [3.63, 3.8) is 0 Å². The Bertz CT molecular complexity index is 1270. The number of halogens is 2. The van der Waals surface area contributed by atoms with E-state index in [9.17, 15) is 14.0 Å². The Morgan fingerprint density at radius 3 is 2.59 bits per heavy atom. The number of carbonyl (C=O) groups is 2. The third kappa shape index (κ3) is 5.26. The summed E-state index contributed by atoms with van der Waals surface area (Å²) in [4.78, 5) is 26.5. The van der Waals surface area contributed by atoms with Gasteiger partial charge in [-0.2, -0.15) is 0 Å². The van der Waals surface area contributed by atoms with Crippen molar-refractivity contribution >= 4 is 40.6 Å². The number of ether oxygens (including phenoxy) is 2. The molecule has 3 aromatic carbocycles. The number of nitrogens with zero attached hydrogens (tertiary/aromatic N) is 1.